The first-order valence-electron chi connectivity index (χ1n) is 6.48. The Hall–Kier alpha value is -2.13. The fourth-order valence-corrected chi connectivity index (χ4v) is 2.89. The first-order valence-corrected chi connectivity index (χ1v) is 7.96. The van der Waals surface area contributed by atoms with Crippen molar-refractivity contribution in [3.63, 3.8) is 0 Å². The van der Waals surface area contributed by atoms with Crippen molar-refractivity contribution >= 4 is 27.6 Å². The Balaban J connectivity index is 2.23. The van der Waals surface area contributed by atoms with Gasteiger partial charge in [-0.1, -0.05) is 0 Å². The summed E-state index contributed by atoms with van der Waals surface area (Å²) < 4.78 is 31.8. The lowest BCUT2D eigenvalue weighted by Crippen LogP contribution is -2.45. The van der Waals surface area contributed by atoms with Crippen LogP contribution in [0.25, 0.3) is 0 Å². The van der Waals surface area contributed by atoms with Crippen molar-refractivity contribution in [3.8, 4) is 5.75 Å². The van der Waals surface area contributed by atoms with Gasteiger partial charge in [-0.15, -0.1) is 0 Å². The van der Waals surface area contributed by atoms with E-state index in [4.69, 9.17) is 9.84 Å². The molecule has 0 spiro atoms. The minimum Gasteiger partial charge on any atom is -0.481 e. The van der Waals surface area contributed by atoms with E-state index in [1.165, 1.54) is 18.2 Å². The molecule has 1 aromatic carbocycles. The van der Waals surface area contributed by atoms with Gasteiger partial charge < -0.3 is 15.2 Å². The van der Waals surface area contributed by atoms with E-state index < -0.39 is 21.6 Å². The molecule has 2 rings (SSSR count). The Morgan fingerprint density at radius 3 is 2.73 bits per heavy atom. The molecule has 9 heteroatoms. The molecule has 0 radical (unpaired) electrons. The zero-order chi connectivity index (χ0) is 16.5. The minimum absolute atomic E-state index is 0.0831. The van der Waals surface area contributed by atoms with Gasteiger partial charge >= 0.3 is 5.97 Å². The van der Waals surface area contributed by atoms with Crippen molar-refractivity contribution < 1.29 is 27.9 Å². The Kier molecular flexibility index (Phi) is 4.12. The van der Waals surface area contributed by atoms with E-state index in [0.29, 0.717) is 5.75 Å². The number of aliphatic carboxylic acids is 1. The van der Waals surface area contributed by atoms with Crippen LogP contribution in [-0.4, -0.2) is 37.5 Å². The number of carbonyl (C=O) groups is 2. The third kappa shape index (κ3) is 3.37. The number of carboxylic acids is 1. The molecule has 1 amide bonds. The molecule has 1 aromatic rings. The number of fused-ring (bicyclic) bond motifs is 1. The average molecular weight is 328 g/mol. The van der Waals surface area contributed by atoms with Crippen LogP contribution in [0, 0.1) is 0 Å². The maximum atomic E-state index is 12.1. The predicted molar refractivity (Wildman–Crippen MR) is 77.2 cm³/mol. The number of hydrogen-bond acceptors (Lipinski definition) is 5. The molecule has 0 fully saturated rings. The zero-order valence-electron chi connectivity index (χ0n) is 12.0. The van der Waals surface area contributed by atoms with Crippen molar-refractivity contribution in [2.45, 2.75) is 30.8 Å². The monoisotopic (exact) mass is 328 g/mol. The van der Waals surface area contributed by atoms with Crippen LogP contribution in [-0.2, 0) is 19.6 Å². The van der Waals surface area contributed by atoms with Gasteiger partial charge in [0.25, 0.3) is 5.91 Å². The molecule has 0 saturated carbocycles. The number of amides is 1. The van der Waals surface area contributed by atoms with Crippen molar-refractivity contribution in [1.29, 1.82) is 0 Å². The van der Waals surface area contributed by atoms with Crippen LogP contribution in [0.2, 0.25) is 0 Å². The Labute approximate surface area is 127 Å². The highest BCUT2D eigenvalue weighted by atomic mass is 32.2. The summed E-state index contributed by atoms with van der Waals surface area (Å²) in [6.45, 7) is 2.98. The third-order valence-corrected chi connectivity index (χ3v) is 4.51. The molecule has 0 aliphatic carbocycles. The topological polar surface area (TPSA) is 122 Å². The Morgan fingerprint density at radius 2 is 2.09 bits per heavy atom. The Bertz CT molecular complexity index is 726. The molecule has 3 N–H and O–H groups in total. The van der Waals surface area contributed by atoms with Gasteiger partial charge in [-0.25, -0.2) is 13.1 Å². The molecule has 0 unspecified atom stereocenters. The smallest absolute Gasteiger partial charge is 0.304 e. The lowest BCUT2D eigenvalue weighted by molar-refractivity contribution is -0.136. The zero-order valence-corrected chi connectivity index (χ0v) is 12.9. The van der Waals surface area contributed by atoms with Crippen molar-refractivity contribution in [1.82, 2.24) is 4.72 Å². The van der Waals surface area contributed by atoms with Crippen LogP contribution in [0.5, 0.6) is 5.75 Å². The molecule has 0 aromatic heterocycles. The quantitative estimate of drug-likeness (QED) is 0.725. The van der Waals surface area contributed by atoms with Gasteiger partial charge in [0.1, 0.15) is 5.75 Å². The highest BCUT2D eigenvalue weighted by Crippen LogP contribution is 2.35. The van der Waals surface area contributed by atoms with Crippen LogP contribution in [0.3, 0.4) is 0 Å². The second kappa shape index (κ2) is 5.58. The first-order chi connectivity index (χ1) is 10.1. The lowest BCUT2D eigenvalue weighted by atomic mass is 10.1. The fraction of sp³-hybridized carbons (Fsp3) is 0.385. The maximum absolute atomic E-state index is 12.1. The highest BCUT2D eigenvalue weighted by Gasteiger charge is 2.35. The van der Waals surface area contributed by atoms with Gasteiger partial charge in [0.15, 0.2) is 5.60 Å². The van der Waals surface area contributed by atoms with Gasteiger partial charge in [0.2, 0.25) is 10.0 Å². The normalized spacial score (nSPS) is 16.4. The molecular weight excluding hydrogens is 312 g/mol. The van der Waals surface area contributed by atoms with E-state index >= 15 is 0 Å². The largest absolute Gasteiger partial charge is 0.481 e. The minimum atomic E-state index is -3.86. The van der Waals surface area contributed by atoms with Crippen LogP contribution in [0.4, 0.5) is 5.69 Å². The molecule has 1 aliphatic rings. The van der Waals surface area contributed by atoms with Gasteiger partial charge in [0, 0.05) is 6.54 Å². The first kappa shape index (κ1) is 16.2. The Morgan fingerprint density at radius 1 is 1.41 bits per heavy atom. The van der Waals surface area contributed by atoms with E-state index in [0.717, 1.165) is 0 Å². The molecule has 0 saturated heterocycles. The van der Waals surface area contributed by atoms with E-state index in [9.17, 15) is 18.0 Å². The summed E-state index contributed by atoms with van der Waals surface area (Å²) in [5.74, 6) is -1.11. The summed E-state index contributed by atoms with van der Waals surface area (Å²) in [7, 11) is -3.86. The fourth-order valence-electron chi connectivity index (χ4n) is 1.83. The van der Waals surface area contributed by atoms with Gasteiger partial charge in [-0.2, -0.15) is 0 Å². The van der Waals surface area contributed by atoms with Crippen LogP contribution < -0.4 is 14.8 Å². The number of hydrogen-bond donors (Lipinski definition) is 3. The average Bonchev–Trinajstić information content (AvgIpc) is 2.38. The van der Waals surface area contributed by atoms with Gasteiger partial charge in [-0.05, 0) is 32.0 Å². The summed E-state index contributed by atoms with van der Waals surface area (Å²) in [5.41, 5.74) is -0.780. The molecule has 0 atom stereocenters. The van der Waals surface area contributed by atoms with Crippen LogP contribution in [0.1, 0.15) is 20.3 Å². The number of ether oxygens (including phenoxy) is 1. The van der Waals surface area contributed by atoms with Crippen LogP contribution >= 0.6 is 0 Å². The molecule has 1 aliphatic heterocycles. The van der Waals surface area contributed by atoms with E-state index in [-0.39, 0.29) is 29.5 Å². The number of rotatable bonds is 5. The number of anilines is 1. The standard InChI is InChI=1S/C13H16N2O6S/c1-13(2)12(18)15-9-7-8(3-4-10(9)21-13)22(19,20)14-6-5-11(16)17/h3-4,7,14H,5-6H2,1-2H3,(H,15,18)(H,16,17). The second-order valence-electron chi connectivity index (χ2n) is 5.27. The molecule has 22 heavy (non-hydrogen) atoms. The van der Waals surface area contributed by atoms with E-state index in [1.54, 1.807) is 13.8 Å². The highest BCUT2D eigenvalue weighted by molar-refractivity contribution is 7.89. The number of carbonyl (C=O) groups excluding carboxylic acids is 1. The summed E-state index contributed by atoms with van der Waals surface area (Å²) >= 11 is 0. The number of benzene rings is 1. The van der Waals surface area contributed by atoms with E-state index in [2.05, 4.69) is 10.0 Å². The molecular formula is C13H16N2O6S. The van der Waals surface area contributed by atoms with Crippen molar-refractivity contribution in [2.24, 2.45) is 0 Å². The second-order valence-corrected chi connectivity index (χ2v) is 7.03. The van der Waals surface area contributed by atoms with Crippen LogP contribution in [0.15, 0.2) is 23.1 Å². The lowest BCUT2D eigenvalue weighted by Gasteiger charge is -2.31. The van der Waals surface area contributed by atoms with Gasteiger partial charge in [0.05, 0.1) is 17.0 Å². The summed E-state index contributed by atoms with van der Waals surface area (Å²) in [4.78, 5) is 22.1. The number of sulfonamides is 1. The summed E-state index contributed by atoms with van der Waals surface area (Å²) in [6, 6.07) is 4.04. The van der Waals surface area contributed by atoms with E-state index in [1.807, 2.05) is 0 Å². The molecule has 1 heterocycles. The molecule has 120 valence electrons. The number of carboxylic acid groups (broad SMARTS) is 1. The van der Waals surface area contributed by atoms with Crippen molar-refractivity contribution in [2.75, 3.05) is 11.9 Å². The third-order valence-electron chi connectivity index (χ3n) is 3.05. The maximum Gasteiger partial charge on any atom is 0.304 e. The molecule has 0 bridgehead atoms. The van der Waals surface area contributed by atoms with Crippen molar-refractivity contribution in [3.05, 3.63) is 18.2 Å². The molecule has 8 nitrogen and oxygen atoms in total. The SMILES string of the molecule is CC1(C)Oc2ccc(S(=O)(=O)NCCC(=O)O)cc2NC1=O. The number of nitrogens with one attached hydrogen (secondary N) is 2. The summed E-state index contributed by atoms with van der Waals surface area (Å²) in [5, 5.41) is 11.1. The van der Waals surface area contributed by atoms with Gasteiger partial charge in [-0.3, -0.25) is 9.59 Å². The predicted octanol–water partition coefficient (Wildman–Crippen LogP) is 0.549. The summed E-state index contributed by atoms with van der Waals surface area (Å²) in [6.07, 6.45) is -0.321.